The first-order valence-corrected chi connectivity index (χ1v) is 12.0. The normalized spacial score (nSPS) is 55.1. The van der Waals surface area contributed by atoms with Crippen LogP contribution in [0.3, 0.4) is 0 Å². The Kier molecular flexibility index (Phi) is 5.03. The Bertz CT molecular complexity index is 559. The Morgan fingerprint density at radius 1 is 0.963 bits per heavy atom. The van der Waals surface area contributed by atoms with Gasteiger partial charge >= 0.3 is 0 Å². The molecule has 0 aromatic rings. The Balaban J connectivity index is 1.61. The summed E-state index contributed by atoms with van der Waals surface area (Å²) in [6.45, 7) is 12.0. The minimum atomic E-state index is -0.435. The van der Waals surface area contributed by atoms with E-state index in [1.165, 1.54) is 25.7 Å². The Labute approximate surface area is 167 Å². The van der Waals surface area contributed by atoms with Gasteiger partial charge in [-0.15, -0.1) is 0 Å². The van der Waals surface area contributed by atoms with Gasteiger partial charge in [0.05, 0.1) is 11.7 Å². The zero-order valence-electron chi connectivity index (χ0n) is 18.5. The third-order valence-corrected chi connectivity index (χ3v) is 10.3. The second-order valence-electron chi connectivity index (χ2n) is 12.0. The Morgan fingerprint density at radius 3 is 2.37 bits per heavy atom. The number of fused-ring (bicyclic) bond motifs is 5. The quantitative estimate of drug-likeness (QED) is 0.653. The SMILES string of the molecule is CCC[C@@]1(O)CC[C@@]2(C)[C@H](CC[C@@H]3[C@@H]2[C@H](O)C[C@]2(C)[C@@H](C(C)C)CC[C@@H]32)C1. The van der Waals surface area contributed by atoms with Crippen molar-refractivity contribution in [3.05, 3.63) is 0 Å². The average molecular weight is 377 g/mol. The van der Waals surface area contributed by atoms with E-state index in [-0.39, 0.29) is 11.5 Å². The molecule has 0 aromatic carbocycles. The van der Waals surface area contributed by atoms with Crippen molar-refractivity contribution in [1.82, 2.24) is 0 Å². The smallest absolute Gasteiger partial charge is 0.0650 e. The molecule has 0 saturated heterocycles. The molecule has 4 aliphatic rings. The highest BCUT2D eigenvalue weighted by Gasteiger charge is 2.63. The highest BCUT2D eigenvalue weighted by molar-refractivity contribution is 5.13. The lowest BCUT2D eigenvalue weighted by Crippen LogP contribution is -2.60. The molecule has 156 valence electrons. The summed E-state index contributed by atoms with van der Waals surface area (Å²) in [5.74, 6) is 4.10. The Hall–Kier alpha value is -0.0800. The first-order valence-electron chi connectivity index (χ1n) is 12.0. The monoisotopic (exact) mass is 376 g/mol. The molecule has 0 heterocycles. The van der Waals surface area contributed by atoms with E-state index in [0.717, 1.165) is 56.3 Å². The molecule has 0 aliphatic heterocycles. The van der Waals surface area contributed by atoms with E-state index in [4.69, 9.17) is 0 Å². The van der Waals surface area contributed by atoms with Gasteiger partial charge in [-0.1, -0.05) is 41.0 Å². The van der Waals surface area contributed by atoms with E-state index in [9.17, 15) is 10.2 Å². The number of hydrogen-bond acceptors (Lipinski definition) is 2. The third-order valence-electron chi connectivity index (χ3n) is 10.3. The zero-order valence-corrected chi connectivity index (χ0v) is 18.5. The van der Waals surface area contributed by atoms with E-state index in [1.54, 1.807) is 0 Å². The summed E-state index contributed by atoms with van der Waals surface area (Å²) >= 11 is 0. The molecule has 4 rings (SSSR count). The minimum Gasteiger partial charge on any atom is -0.393 e. The zero-order chi connectivity index (χ0) is 19.6. The maximum atomic E-state index is 11.5. The molecule has 2 N–H and O–H groups in total. The number of aliphatic hydroxyl groups excluding tert-OH is 1. The summed E-state index contributed by atoms with van der Waals surface area (Å²) < 4.78 is 0. The predicted molar refractivity (Wildman–Crippen MR) is 111 cm³/mol. The van der Waals surface area contributed by atoms with Crippen LogP contribution >= 0.6 is 0 Å². The second-order valence-corrected chi connectivity index (χ2v) is 12.0. The van der Waals surface area contributed by atoms with Gasteiger partial charge in [0.25, 0.3) is 0 Å². The van der Waals surface area contributed by atoms with Crippen LogP contribution in [0.2, 0.25) is 0 Å². The van der Waals surface area contributed by atoms with Crippen molar-refractivity contribution in [1.29, 1.82) is 0 Å². The molecule has 2 heteroatoms. The summed E-state index contributed by atoms with van der Waals surface area (Å²) in [6.07, 6.45) is 11.2. The molecule has 4 saturated carbocycles. The van der Waals surface area contributed by atoms with Gasteiger partial charge in [-0.05, 0) is 104 Å². The molecular formula is C25H44O2. The first kappa shape index (κ1) is 20.2. The van der Waals surface area contributed by atoms with Crippen LogP contribution in [0.4, 0.5) is 0 Å². The van der Waals surface area contributed by atoms with Crippen LogP contribution in [0.15, 0.2) is 0 Å². The lowest BCUT2D eigenvalue weighted by molar-refractivity contribution is -0.192. The van der Waals surface area contributed by atoms with Crippen molar-refractivity contribution in [2.24, 2.45) is 46.3 Å². The van der Waals surface area contributed by atoms with Crippen molar-refractivity contribution in [2.75, 3.05) is 0 Å². The fraction of sp³-hybridized carbons (Fsp3) is 1.00. The van der Waals surface area contributed by atoms with E-state index in [2.05, 4.69) is 34.6 Å². The van der Waals surface area contributed by atoms with Crippen LogP contribution in [0, 0.1) is 46.3 Å². The lowest BCUT2D eigenvalue weighted by atomic mass is 9.43. The molecule has 4 aliphatic carbocycles. The van der Waals surface area contributed by atoms with Gasteiger partial charge in [0.1, 0.15) is 0 Å². The van der Waals surface area contributed by atoms with Crippen molar-refractivity contribution in [3.8, 4) is 0 Å². The molecule has 0 unspecified atom stereocenters. The van der Waals surface area contributed by atoms with E-state index < -0.39 is 5.60 Å². The molecule has 0 spiro atoms. The molecular weight excluding hydrogens is 332 g/mol. The summed E-state index contributed by atoms with van der Waals surface area (Å²) in [7, 11) is 0. The largest absolute Gasteiger partial charge is 0.393 e. The molecule has 9 atom stereocenters. The average Bonchev–Trinajstić information content (AvgIpc) is 2.92. The fourth-order valence-corrected chi connectivity index (χ4v) is 9.27. The van der Waals surface area contributed by atoms with Crippen LogP contribution < -0.4 is 0 Å². The van der Waals surface area contributed by atoms with Crippen LogP contribution in [0.1, 0.15) is 98.8 Å². The number of hydrogen-bond donors (Lipinski definition) is 2. The summed E-state index contributed by atoms with van der Waals surface area (Å²) in [6, 6.07) is 0. The van der Waals surface area contributed by atoms with Gasteiger partial charge in [0.2, 0.25) is 0 Å². The van der Waals surface area contributed by atoms with Crippen molar-refractivity contribution < 1.29 is 10.2 Å². The van der Waals surface area contributed by atoms with Crippen molar-refractivity contribution >= 4 is 0 Å². The molecule has 0 bridgehead atoms. The minimum absolute atomic E-state index is 0.138. The summed E-state index contributed by atoms with van der Waals surface area (Å²) in [5, 5.41) is 22.6. The predicted octanol–water partition coefficient (Wildman–Crippen LogP) is 5.80. The topological polar surface area (TPSA) is 40.5 Å². The molecule has 2 nitrogen and oxygen atoms in total. The first-order chi connectivity index (χ1) is 12.6. The number of rotatable bonds is 3. The van der Waals surface area contributed by atoms with E-state index >= 15 is 0 Å². The van der Waals surface area contributed by atoms with Gasteiger partial charge in [-0.3, -0.25) is 0 Å². The third kappa shape index (κ3) is 2.95. The van der Waals surface area contributed by atoms with Gasteiger partial charge in [-0.2, -0.15) is 0 Å². The maximum Gasteiger partial charge on any atom is 0.0650 e. The molecule has 0 aromatic heterocycles. The van der Waals surface area contributed by atoms with Gasteiger partial charge < -0.3 is 10.2 Å². The highest BCUT2D eigenvalue weighted by atomic mass is 16.3. The Morgan fingerprint density at radius 2 is 1.70 bits per heavy atom. The van der Waals surface area contributed by atoms with Crippen LogP contribution in [0.25, 0.3) is 0 Å². The van der Waals surface area contributed by atoms with Crippen molar-refractivity contribution in [3.63, 3.8) is 0 Å². The van der Waals surface area contributed by atoms with E-state index in [0.29, 0.717) is 23.2 Å². The van der Waals surface area contributed by atoms with Gasteiger partial charge in [0.15, 0.2) is 0 Å². The van der Waals surface area contributed by atoms with Crippen LogP contribution in [0.5, 0.6) is 0 Å². The second kappa shape index (κ2) is 6.73. The van der Waals surface area contributed by atoms with E-state index in [1.807, 2.05) is 0 Å². The van der Waals surface area contributed by atoms with Gasteiger partial charge in [0, 0.05) is 0 Å². The standard InChI is InChI=1S/C25H44O2/c1-6-11-25(27)13-12-23(4)17(14-25)7-8-18-20-10-9-19(16(2)3)24(20,5)15-21(26)22(18)23/h16-22,26-27H,6-15H2,1-5H3/t17-,18+,19-,20+,21-,22-,23+,24-,25-/m1/s1. The van der Waals surface area contributed by atoms with Crippen LogP contribution in [-0.2, 0) is 0 Å². The molecule has 0 amide bonds. The molecule has 27 heavy (non-hydrogen) atoms. The number of aliphatic hydroxyl groups is 2. The summed E-state index contributed by atoms with van der Waals surface area (Å²) in [5.41, 5.74) is 0.144. The van der Waals surface area contributed by atoms with Gasteiger partial charge in [-0.25, -0.2) is 0 Å². The fourth-order valence-electron chi connectivity index (χ4n) is 9.27. The molecule has 4 fully saturated rings. The maximum absolute atomic E-state index is 11.5. The lowest BCUT2D eigenvalue weighted by Gasteiger charge is -2.63. The van der Waals surface area contributed by atoms with Crippen molar-refractivity contribution in [2.45, 2.75) is 111 Å². The van der Waals surface area contributed by atoms with Crippen LogP contribution in [-0.4, -0.2) is 21.9 Å². The summed E-state index contributed by atoms with van der Waals surface area (Å²) in [4.78, 5) is 0. The molecule has 0 radical (unpaired) electrons. The highest BCUT2D eigenvalue weighted by Crippen LogP contribution is 2.68.